The summed E-state index contributed by atoms with van der Waals surface area (Å²) in [6.45, 7) is 2.97. The predicted molar refractivity (Wildman–Crippen MR) is 123 cm³/mol. The number of ether oxygens (including phenoxy) is 1. The Bertz CT molecular complexity index is 1250. The van der Waals surface area contributed by atoms with Crippen molar-refractivity contribution < 1.29 is 9.53 Å². The first-order chi connectivity index (χ1) is 15.1. The minimum Gasteiger partial charge on any atom is -0.494 e. The zero-order valence-electron chi connectivity index (χ0n) is 17.4. The molecule has 1 amide bonds. The number of hydrogen-bond donors (Lipinski definition) is 0. The maximum absolute atomic E-state index is 13.2. The van der Waals surface area contributed by atoms with Gasteiger partial charge in [0.1, 0.15) is 17.1 Å². The van der Waals surface area contributed by atoms with E-state index in [1.165, 1.54) is 22.2 Å². The van der Waals surface area contributed by atoms with E-state index in [1.807, 2.05) is 66.9 Å². The van der Waals surface area contributed by atoms with Gasteiger partial charge in [0, 0.05) is 24.5 Å². The van der Waals surface area contributed by atoms with Crippen LogP contribution in [0.2, 0.25) is 0 Å². The maximum atomic E-state index is 13.2. The fourth-order valence-corrected chi connectivity index (χ4v) is 4.31. The summed E-state index contributed by atoms with van der Waals surface area (Å²) in [6, 6.07) is 17.4. The Morgan fingerprint density at radius 1 is 1.13 bits per heavy atom. The zero-order chi connectivity index (χ0) is 21.8. The molecule has 7 heteroatoms. The van der Waals surface area contributed by atoms with Gasteiger partial charge < -0.3 is 9.64 Å². The Labute approximate surface area is 184 Å². The molecule has 31 heavy (non-hydrogen) atoms. The van der Waals surface area contributed by atoms with Crippen molar-refractivity contribution in [1.29, 1.82) is 0 Å². The molecule has 0 aliphatic heterocycles. The Morgan fingerprint density at radius 3 is 2.58 bits per heavy atom. The van der Waals surface area contributed by atoms with Crippen molar-refractivity contribution in [2.75, 3.05) is 13.7 Å². The lowest BCUT2D eigenvalue weighted by Crippen LogP contribution is -2.33. The third-order valence-corrected chi connectivity index (χ3v) is 5.92. The van der Waals surface area contributed by atoms with Crippen molar-refractivity contribution in [2.45, 2.75) is 20.0 Å². The number of amides is 1. The number of benzene rings is 2. The van der Waals surface area contributed by atoms with Crippen LogP contribution in [0.25, 0.3) is 21.3 Å². The zero-order valence-corrected chi connectivity index (χ0v) is 18.3. The van der Waals surface area contributed by atoms with E-state index in [2.05, 4.69) is 4.98 Å². The monoisotopic (exact) mass is 433 g/mol. The number of fused-ring (bicyclic) bond motifs is 1. The van der Waals surface area contributed by atoms with Crippen LogP contribution in [-0.4, -0.2) is 34.0 Å². The first-order valence-electron chi connectivity index (χ1n) is 10.0. The first kappa shape index (κ1) is 20.8. The molecule has 2 heterocycles. The molecule has 0 atom stereocenters. The average molecular weight is 434 g/mol. The fraction of sp³-hybridized carbons (Fsp3) is 0.208. The van der Waals surface area contributed by atoms with Crippen molar-refractivity contribution in [3.63, 3.8) is 0 Å². The third kappa shape index (κ3) is 4.51. The topological polar surface area (TPSA) is 64.4 Å². The summed E-state index contributed by atoms with van der Waals surface area (Å²) >= 11 is 1.42. The number of likely N-dealkylation sites (N-methyl/N-ethyl adjacent to an activating group) is 1. The predicted octanol–water partition coefficient (Wildman–Crippen LogP) is 4.18. The van der Waals surface area contributed by atoms with Gasteiger partial charge >= 0.3 is 0 Å². The van der Waals surface area contributed by atoms with Crippen molar-refractivity contribution in [2.24, 2.45) is 0 Å². The van der Waals surface area contributed by atoms with Gasteiger partial charge in [0.2, 0.25) is 5.91 Å². The Morgan fingerprint density at radius 2 is 1.87 bits per heavy atom. The lowest BCUT2D eigenvalue weighted by Gasteiger charge is -2.18. The molecule has 0 saturated heterocycles. The van der Waals surface area contributed by atoms with Crippen LogP contribution in [0.4, 0.5) is 0 Å². The van der Waals surface area contributed by atoms with E-state index >= 15 is 0 Å². The minimum atomic E-state index is -0.211. The van der Waals surface area contributed by atoms with E-state index in [1.54, 1.807) is 11.9 Å². The average Bonchev–Trinajstić information content (AvgIpc) is 3.22. The Balaban J connectivity index is 1.59. The second-order valence-corrected chi connectivity index (χ2v) is 8.06. The quantitative estimate of drug-likeness (QED) is 0.439. The van der Waals surface area contributed by atoms with Gasteiger partial charge in [-0.05, 0) is 30.2 Å². The van der Waals surface area contributed by atoms with Crippen LogP contribution < -0.4 is 10.3 Å². The van der Waals surface area contributed by atoms with Gasteiger partial charge in [-0.15, -0.1) is 11.3 Å². The normalized spacial score (nSPS) is 10.9. The van der Waals surface area contributed by atoms with Crippen LogP contribution in [0.3, 0.4) is 0 Å². The molecule has 6 nitrogen and oxygen atoms in total. The number of rotatable bonds is 7. The molecule has 0 saturated carbocycles. The lowest BCUT2D eigenvalue weighted by molar-refractivity contribution is -0.131. The van der Waals surface area contributed by atoms with Crippen LogP contribution in [0.15, 0.2) is 71.1 Å². The van der Waals surface area contributed by atoms with Crippen LogP contribution >= 0.6 is 11.3 Å². The molecule has 0 N–H and O–H groups in total. The van der Waals surface area contributed by atoms with Crippen molar-refractivity contribution in [3.8, 4) is 16.9 Å². The summed E-state index contributed by atoms with van der Waals surface area (Å²) in [5, 5.41) is 2.47. The molecule has 158 valence electrons. The summed E-state index contributed by atoms with van der Waals surface area (Å²) < 4.78 is 6.89. The summed E-state index contributed by atoms with van der Waals surface area (Å²) in [5.74, 6) is 0.637. The summed E-state index contributed by atoms with van der Waals surface area (Å²) in [6.07, 6.45) is 1.46. The number of hydrogen-bond acceptors (Lipinski definition) is 5. The molecule has 4 aromatic rings. The molecule has 4 rings (SSSR count). The molecule has 0 aliphatic rings. The SMILES string of the molecule is CCOc1ccc(-c2csc3ncn(CC(=O)N(C)Cc4ccccc4)c(=O)c23)cc1. The lowest BCUT2D eigenvalue weighted by atomic mass is 10.1. The van der Waals surface area contributed by atoms with Gasteiger partial charge in [0.25, 0.3) is 5.56 Å². The highest BCUT2D eigenvalue weighted by molar-refractivity contribution is 7.17. The highest BCUT2D eigenvalue weighted by Gasteiger charge is 2.16. The summed E-state index contributed by atoms with van der Waals surface area (Å²) in [5.41, 5.74) is 2.56. The van der Waals surface area contributed by atoms with E-state index in [-0.39, 0.29) is 18.0 Å². The smallest absolute Gasteiger partial charge is 0.263 e. The summed E-state index contributed by atoms with van der Waals surface area (Å²) in [7, 11) is 1.74. The largest absolute Gasteiger partial charge is 0.494 e. The van der Waals surface area contributed by atoms with Gasteiger partial charge in [0.05, 0.1) is 18.3 Å². The van der Waals surface area contributed by atoms with Crippen LogP contribution in [0, 0.1) is 0 Å². The second kappa shape index (κ2) is 9.14. The third-order valence-electron chi connectivity index (χ3n) is 5.03. The van der Waals surface area contributed by atoms with E-state index in [4.69, 9.17) is 4.74 Å². The molecule has 0 unspecified atom stereocenters. The molecule has 0 bridgehead atoms. The number of thiophene rings is 1. The number of aromatic nitrogens is 2. The Hall–Kier alpha value is -3.45. The van der Waals surface area contributed by atoms with Gasteiger partial charge in [-0.1, -0.05) is 42.5 Å². The van der Waals surface area contributed by atoms with Crippen molar-refractivity contribution in [3.05, 3.63) is 82.2 Å². The molecule has 0 fully saturated rings. The summed E-state index contributed by atoms with van der Waals surface area (Å²) in [4.78, 5) is 32.6. The first-order valence-corrected chi connectivity index (χ1v) is 10.9. The number of nitrogens with zero attached hydrogens (tertiary/aromatic N) is 3. The van der Waals surface area contributed by atoms with Gasteiger partial charge in [0.15, 0.2) is 0 Å². The van der Waals surface area contributed by atoms with E-state index < -0.39 is 0 Å². The highest BCUT2D eigenvalue weighted by atomic mass is 32.1. The fourth-order valence-electron chi connectivity index (χ4n) is 3.40. The molecule has 0 spiro atoms. The highest BCUT2D eigenvalue weighted by Crippen LogP contribution is 2.31. The molecule has 2 aromatic carbocycles. The second-order valence-electron chi connectivity index (χ2n) is 7.20. The van der Waals surface area contributed by atoms with Gasteiger partial charge in [-0.2, -0.15) is 0 Å². The standard InChI is InChI=1S/C24H23N3O3S/c1-3-30-19-11-9-18(10-12-19)20-15-31-23-22(20)24(29)27(16-25-23)14-21(28)26(2)13-17-7-5-4-6-8-17/h4-12,15-16H,3,13-14H2,1-2H3. The molecular weight excluding hydrogens is 410 g/mol. The molecule has 0 aliphatic carbocycles. The Kier molecular flexibility index (Phi) is 6.13. The minimum absolute atomic E-state index is 0.0519. The van der Waals surface area contributed by atoms with Crippen LogP contribution in [-0.2, 0) is 17.9 Å². The molecular formula is C24H23N3O3S. The molecule has 2 aromatic heterocycles. The van der Waals surface area contributed by atoms with Crippen LogP contribution in [0.1, 0.15) is 12.5 Å². The number of carbonyl (C=O) groups is 1. The van der Waals surface area contributed by atoms with Gasteiger partial charge in [-0.25, -0.2) is 4.98 Å². The molecule has 0 radical (unpaired) electrons. The van der Waals surface area contributed by atoms with Gasteiger partial charge in [-0.3, -0.25) is 14.2 Å². The van der Waals surface area contributed by atoms with Crippen molar-refractivity contribution >= 4 is 27.5 Å². The van der Waals surface area contributed by atoms with E-state index in [0.29, 0.717) is 23.4 Å². The van der Waals surface area contributed by atoms with Crippen LogP contribution in [0.5, 0.6) is 5.75 Å². The number of carbonyl (C=O) groups excluding carboxylic acids is 1. The van der Waals surface area contributed by atoms with Crippen molar-refractivity contribution in [1.82, 2.24) is 14.5 Å². The van der Waals surface area contributed by atoms with E-state index in [0.717, 1.165) is 22.4 Å². The van der Waals surface area contributed by atoms with E-state index in [9.17, 15) is 9.59 Å². The maximum Gasteiger partial charge on any atom is 0.263 e.